The maximum absolute atomic E-state index is 4.81. The van der Waals surface area contributed by atoms with Gasteiger partial charge in [0.25, 0.3) is 0 Å². The molecule has 22 heavy (non-hydrogen) atoms. The van der Waals surface area contributed by atoms with E-state index in [1.165, 1.54) is 0 Å². The Morgan fingerprint density at radius 2 is 1.73 bits per heavy atom. The van der Waals surface area contributed by atoms with E-state index in [2.05, 4.69) is 4.90 Å². The van der Waals surface area contributed by atoms with Gasteiger partial charge in [-0.15, -0.1) is 0 Å². The van der Waals surface area contributed by atoms with Crippen LogP contribution in [0.3, 0.4) is 0 Å². The lowest BCUT2D eigenvalue weighted by atomic mass is 10.3. The van der Waals surface area contributed by atoms with Gasteiger partial charge >= 0.3 is 0 Å². The molecular weight excluding hydrogens is 292 g/mol. The van der Waals surface area contributed by atoms with Gasteiger partial charge in [-0.25, -0.2) is 4.99 Å². The lowest BCUT2D eigenvalue weighted by Crippen LogP contribution is -2.38. The van der Waals surface area contributed by atoms with Crippen molar-refractivity contribution in [2.24, 2.45) is 17.0 Å². The minimum absolute atomic E-state index is 0.799. The number of guanidine groups is 1. The summed E-state index contributed by atoms with van der Waals surface area (Å²) >= 11 is 1.99. The average molecular weight is 312 g/mol. The second-order valence-electron chi connectivity index (χ2n) is 5.13. The van der Waals surface area contributed by atoms with Crippen molar-refractivity contribution in [3.05, 3.63) is 60.2 Å². The molecule has 2 aromatic rings. The van der Waals surface area contributed by atoms with E-state index in [-0.39, 0.29) is 0 Å². The molecular formula is C17H20N4S. The largest absolute Gasteiger partial charge is 0.339 e. The normalized spacial score (nSPS) is 16.9. The molecule has 1 aromatic heterocycles. The molecule has 2 heterocycles. The Kier molecular flexibility index (Phi) is 4.96. The molecule has 5 heteroatoms. The maximum atomic E-state index is 4.81. The van der Waals surface area contributed by atoms with Gasteiger partial charge in [-0.1, -0.05) is 24.3 Å². The summed E-state index contributed by atoms with van der Waals surface area (Å²) in [4.78, 5) is 11.9. The molecule has 0 radical (unpaired) electrons. The van der Waals surface area contributed by atoms with Crippen LogP contribution in [0.2, 0.25) is 0 Å². The highest BCUT2D eigenvalue weighted by Gasteiger charge is 2.14. The standard InChI is InChI=1S/C17H20N4S/c1-20-10-6-5-9-16(20)19-17(21-11-13-22-14-12-21)18-15-7-3-2-4-8-15/h2-10H,11-14H2,1H3. The summed E-state index contributed by atoms with van der Waals surface area (Å²) in [6.07, 6.45) is 2.00. The quantitative estimate of drug-likeness (QED) is 0.599. The molecule has 0 amide bonds. The molecule has 1 aromatic carbocycles. The number of hydrogen-bond donors (Lipinski definition) is 0. The first kappa shape index (κ1) is 14.9. The molecule has 0 bridgehead atoms. The Labute approximate surface area is 135 Å². The van der Waals surface area contributed by atoms with Crippen LogP contribution in [0.5, 0.6) is 0 Å². The summed E-state index contributed by atoms with van der Waals surface area (Å²) < 4.78 is 2.01. The van der Waals surface area contributed by atoms with Gasteiger partial charge in [0.15, 0.2) is 0 Å². The molecule has 114 valence electrons. The second-order valence-corrected chi connectivity index (χ2v) is 6.35. The fourth-order valence-corrected chi connectivity index (χ4v) is 3.18. The van der Waals surface area contributed by atoms with E-state index in [0.717, 1.165) is 41.7 Å². The first-order valence-corrected chi connectivity index (χ1v) is 8.61. The molecule has 0 aliphatic carbocycles. The fourth-order valence-electron chi connectivity index (χ4n) is 2.28. The smallest absolute Gasteiger partial charge is 0.227 e. The number of aromatic nitrogens is 1. The van der Waals surface area contributed by atoms with Gasteiger partial charge in [-0.05, 0) is 24.3 Å². The van der Waals surface area contributed by atoms with Crippen LogP contribution >= 0.6 is 11.8 Å². The van der Waals surface area contributed by atoms with Crippen molar-refractivity contribution >= 4 is 23.4 Å². The highest BCUT2D eigenvalue weighted by Crippen LogP contribution is 2.15. The van der Waals surface area contributed by atoms with E-state index in [1.54, 1.807) is 0 Å². The minimum Gasteiger partial charge on any atom is -0.339 e. The zero-order chi connectivity index (χ0) is 15.2. The Morgan fingerprint density at radius 1 is 1.00 bits per heavy atom. The number of para-hydroxylation sites is 1. The van der Waals surface area contributed by atoms with E-state index in [1.807, 2.05) is 78.1 Å². The molecule has 1 aliphatic heterocycles. The van der Waals surface area contributed by atoms with Gasteiger partial charge in [-0.3, -0.25) is 0 Å². The maximum Gasteiger partial charge on any atom is 0.227 e. The number of rotatable bonds is 1. The van der Waals surface area contributed by atoms with Crippen molar-refractivity contribution in [2.45, 2.75) is 0 Å². The second kappa shape index (κ2) is 7.31. The lowest BCUT2D eigenvalue weighted by Gasteiger charge is -2.27. The number of aliphatic imine (C=N–C) groups is 1. The third-order valence-corrected chi connectivity index (χ3v) is 4.46. The summed E-state index contributed by atoms with van der Waals surface area (Å²) in [5.41, 5.74) is 1.86. The number of benzene rings is 1. The molecule has 0 unspecified atom stereocenters. The van der Waals surface area contributed by atoms with E-state index in [0.29, 0.717) is 0 Å². The van der Waals surface area contributed by atoms with Gasteiger partial charge in [0.1, 0.15) is 5.49 Å². The van der Waals surface area contributed by atoms with Crippen LogP contribution in [0.25, 0.3) is 0 Å². The summed E-state index contributed by atoms with van der Waals surface area (Å²) in [7, 11) is 2.00. The molecule has 0 spiro atoms. The first-order valence-electron chi connectivity index (χ1n) is 7.46. The van der Waals surface area contributed by atoms with Gasteiger partial charge in [-0.2, -0.15) is 16.8 Å². The third kappa shape index (κ3) is 3.80. The predicted octanol–water partition coefficient (Wildman–Crippen LogP) is 2.66. The summed E-state index contributed by atoms with van der Waals surface area (Å²) in [5.74, 6) is 3.06. The molecule has 1 saturated heterocycles. The number of aryl methyl sites for hydroxylation is 1. The Bertz CT molecular complexity index is 700. The zero-order valence-electron chi connectivity index (χ0n) is 12.7. The number of hydrogen-bond acceptors (Lipinski definition) is 2. The van der Waals surface area contributed by atoms with Crippen molar-refractivity contribution in [1.82, 2.24) is 9.47 Å². The van der Waals surface area contributed by atoms with Crippen molar-refractivity contribution in [3.63, 3.8) is 0 Å². The van der Waals surface area contributed by atoms with E-state index >= 15 is 0 Å². The van der Waals surface area contributed by atoms with Crippen molar-refractivity contribution in [2.75, 3.05) is 24.6 Å². The highest BCUT2D eigenvalue weighted by atomic mass is 32.2. The molecule has 3 rings (SSSR count). The predicted molar refractivity (Wildman–Crippen MR) is 93.4 cm³/mol. The van der Waals surface area contributed by atoms with Crippen molar-refractivity contribution in [3.8, 4) is 0 Å². The van der Waals surface area contributed by atoms with Crippen molar-refractivity contribution < 1.29 is 0 Å². The molecule has 0 N–H and O–H groups in total. The average Bonchev–Trinajstić information content (AvgIpc) is 2.58. The molecule has 0 atom stereocenters. The summed E-state index contributed by atoms with van der Waals surface area (Å²) in [5, 5.41) is 0. The molecule has 4 nitrogen and oxygen atoms in total. The summed E-state index contributed by atoms with van der Waals surface area (Å²) in [6.45, 7) is 1.99. The van der Waals surface area contributed by atoms with Crippen LogP contribution in [0.1, 0.15) is 0 Å². The van der Waals surface area contributed by atoms with E-state index in [9.17, 15) is 0 Å². The Hall–Kier alpha value is -2.01. The number of pyridine rings is 1. The number of thioether (sulfide) groups is 1. The molecule has 0 saturated carbocycles. The lowest BCUT2D eigenvalue weighted by molar-refractivity contribution is 0.456. The van der Waals surface area contributed by atoms with Gasteiger partial charge in [0.2, 0.25) is 5.96 Å². The summed E-state index contributed by atoms with van der Waals surface area (Å²) in [6, 6.07) is 16.1. The van der Waals surface area contributed by atoms with Crippen LogP contribution in [-0.4, -0.2) is 40.0 Å². The fraction of sp³-hybridized carbons (Fsp3) is 0.294. The van der Waals surface area contributed by atoms with E-state index < -0.39 is 0 Å². The van der Waals surface area contributed by atoms with Crippen LogP contribution in [0.15, 0.2) is 64.7 Å². The topological polar surface area (TPSA) is 32.9 Å². The molecule has 1 fully saturated rings. The number of nitrogens with zero attached hydrogens (tertiary/aromatic N) is 4. The highest BCUT2D eigenvalue weighted by molar-refractivity contribution is 7.99. The van der Waals surface area contributed by atoms with Gasteiger partial charge < -0.3 is 9.47 Å². The van der Waals surface area contributed by atoms with Gasteiger partial charge in [0.05, 0.1) is 5.69 Å². The van der Waals surface area contributed by atoms with Gasteiger partial charge in [0, 0.05) is 37.8 Å². The molecule has 1 aliphatic rings. The van der Waals surface area contributed by atoms with Crippen LogP contribution in [0.4, 0.5) is 5.69 Å². The van der Waals surface area contributed by atoms with Crippen molar-refractivity contribution in [1.29, 1.82) is 0 Å². The van der Waals surface area contributed by atoms with Crippen LogP contribution in [-0.2, 0) is 7.05 Å². The monoisotopic (exact) mass is 312 g/mol. The first-order chi connectivity index (χ1) is 10.8. The Morgan fingerprint density at radius 3 is 2.45 bits per heavy atom. The van der Waals surface area contributed by atoms with Crippen LogP contribution < -0.4 is 5.49 Å². The minimum atomic E-state index is 0.799. The van der Waals surface area contributed by atoms with Crippen LogP contribution in [0, 0.1) is 0 Å². The SMILES string of the molecule is Cn1ccccc1=NC(=Nc1ccccc1)N1CCSCC1. The zero-order valence-corrected chi connectivity index (χ0v) is 13.5. The third-order valence-electron chi connectivity index (χ3n) is 3.52. The Balaban J connectivity index is 2.01. The van der Waals surface area contributed by atoms with E-state index in [4.69, 9.17) is 9.98 Å².